The van der Waals surface area contributed by atoms with Crippen molar-refractivity contribution in [1.29, 1.82) is 0 Å². The van der Waals surface area contributed by atoms with E-state index in [1.165, 1.54) is 10.8 Å². The molecule has 0 saturated heterocycles. The zero-order chi connectivity index (χ0) is 46.1. The van der Waals surface area contributed by atoms with E-state index in [2.05, 4.69) is 193 Å². The van der Waals surface area contributed by atoms with Crippen molar-refractivity contribution in [2.45, 2.75) is 0 Å². The average Bonchev–Trinajstić information content (AvgIpc) is 4.00. The van der Waals surface area contributed by atoms with Crippen LogP contribution in [0.3, 0.4) is 0 Å². The fourth-order valence-corrected chi connectivity index (χ4v) is 10.4. The summed E-state index contributed by atoms with van der Waals surface area (Å²) in [6.07, 6.45) is 0. The second kappa shape index (κ2) is 16.1. The third-order valence-electron chi connectivity index (χ3n) is 13.6. The van der Waals surface area contributed by atoms with E-state index in [0.717, 1.165) is 111 Å². The molecule has 0 aliphatic rings. The molecule has 10 aromatic carbocycles. The van der Waals surface area contributed by atoms with E-state index in [9.17, 15) is 0 Å². The van der Waals surface area contributed by atoms with Crippen LogP contribution in [0, 0.1) is 0 Å². The van der Waals surface area contributed by atoms with Gasteiger partial charge >= 0.3 is 0 Å². The van der Waals surface area contributed by atoms with Crippen LogP contribution in [0.1, 0.15) is 0 Å². The summed E-state index contributed by atoms with van der Waals surface area (Å²) in [4.78, 5) is 20.8. The van der Waals surface area contributed by atoms with Gasteiger partial charge in [0, 0.05) is 65.8 Å². The maximum atomic E-state index is 6.44. The van der Waals surface area contributed by atoms with Gasteiger partial charge in [-0.15, -0.1) is 0 Å². The highest BCUT2D eigenvalue weighted by Crippen LogP contribution is 2.44. The fraction of sp³-hybridized carbons (Fsp3) is 0. The first-order valence-corrected chi connectivity index (χ1v) is 23.5. The Morgan fingerprint density at radius 3 is 1.69 bits per heavy atom. The molecule has 0 N–H and O–H groups in total. The van der Waals surface area contributed by atoms with Crippen LogP contribution in [0.15, 0.2) is 241 Å². The predicted molar refractivity (Wildman–Crippen MR) is 287 cm³/mol. The van der Waals surface area contributed by atoms with E-state index in [4.69, 9.17) is 24.4 Å². The van der Waals surface area contributed by atoms with Gasteiger partial charge in [-0.3, -0.25) is 0 Å². The largest absolute Gasteiger partial charge is 0.455 e. The summed E-state index contributed by atoms with van der Waals surface area (Å²) in [5.41, 5.74) is 15.1. The van der Waals surface area contributed by atoms with Crippen LogP contribution >= 0.6 is 0 Å². The lowest BCUT2D eigenvalue weighted by Crippen LogP contribution is -2.00. The molecule has 0 spiro atoms. The summed E-state index contributed by atoms with van der Waals surface area (Å²) in [7, 11) is 0. The monoisotopic (exact) mass is 893 g/mol. The summed E-state index contributed by atoms with van der Waals surface area (Å²) in [5, 5.41) is 7.99. The minimum Gasteiger partial charge on any atom is -0.455 e. The molecule has 14 aromatic rings. The first-order valence-electron chi connectivity index (χ1n) is 23.5. The standard InChI is InChI=1S/C64H39N5O/c1-4-16-41(17-5-1)60-59-50(35-37-56-58(59)52-25-10-12-28-55(52)69(56)47-22-8-3-9-23-47)53-39-44(34-36-54(53)65-60)40-30-32-43(33-31-40)63-66-62(42-18-6-2-7-19-42)67-64(68-63)46-21-14-20-45(38-46)48-26-15-27-51-49-24-11-13-29-57(49)70-61(48)51/h1-39H. The molecule has 0 radical (unpaired) electrons. The van der Waals surface area contributed by atoms with E-state index in [1.54, 1.807) is 0 Å². The number of benzene rings is 10. The molecule has 0 bridgehead atoms. The van der Waals surface area contributed by atoms with Crippen molar-refractivity contribution < 1.29 is 4.42 Å². The SMILES string of the molecule is c1ccc(-c2nc(-c3ccc(-c4ccc5nc(-c6ccccc6)c6c(ccc7c6c6ccccc6n7-c6ccccc6)c5c4)cc3)nc(-c3cccc(-c4cccc5c4oc4ccccc45)c3)n2)cc1. The Hall–Kier alpha value is -9.52. The van der Waals surface area contributed by atoms with Gasteiger partial charge in [0.05, 0.1) is 22.2 Å². The average molecular weight is 894 g/mol. The summed E-state index contributed by atoms with van der Waals surface area (Å²) >= 11 is 0. The molecule has 0 aliphatic carbocycles. The number of rotatable bonds is 7. The first-order chi connectivity index (χ1) is 34.7. The van der Waals surface area contributed by atoms with E-state index >= 15 is 0 Å². The molecule has 326 valence electrons. The lowest BCUT2D eigenvalue weighted by molar-refractivity contribution is 0.670. The van der Waals surface area contributed by atoms with Gasteiger partial charge < -0.3 is 8.98 Å². The van der Waals surface area contributed by atoms with Gasteiger partial charge in [-0.05, 0) is 70.6 Å². The molecule has 70 heavy (non-hydrogen) atoms. The van der Waals surface area contributed by atoms with Crippen LogP contribution in [0.2, 0.25) is 0 Å². The molecule has 4 aromatic heterocycles. The second-order valence-electron chi connectivity index (χ2n) is 17.7. The highest BCUT2D eigenvalue weighted by atomic mass is 16.3. The molecule has 0 amide bonds. The Morgan fingerprint density at radius 1 is 0.314 bits per heavy atom. The van der Waals surface area contributed by atoms with Crippen molar-refractivity contribution in [2.75, 3.05) is 0 Å². The third kappa shape index (κ3) is 6.49. The van der Waals surface area contributed by atoms with E-state index in [1.807, 2.05) is 48.5 Å². The van der Waals surface area contributed by atoms with Crippen molar-refractivity contribution in [2.24, 2.45) is 0 Å². The third-order valence-corrected chi connectivity index (χ3v) is 13.6. The van der Waals surface area contributed by atoms with Gasteiger partial charge in [0.2, 0.25) is 0 Å². The molecule has 14 rings (SSSR count). The molecule has 6 heteroatoms. The number of hydrogen-bond donors (Lipinski definition) is 0. The van der Waals surface area contributed by atoms with Gasteiger partial charge in [-0.2, -0.15) is 0 Å². The molecule has 0 atom stereocenters. The number of para-hydroxylation sites is 4. The van der Waals surface area contributed by atoms with Gasteiger partial charge in [0.1, 0.15) is 11.2 Å². The zero-order valence-corrected chi connectivity index (χ0v) is 37.7. The molecule has 0 unspecified atom stereocenters. The van der Waals surface area contributed by atoms with Crippen molar-refractivity contribution in [3.8, 4) is 73.4 Å². The highest BCUT2D eigenvalue weighted by molar-refractivity contribution is 6.28. The Morgan fingerprint density at radius 2 is 0.900 bits per heavy atom. The van der Waals surface area contributed by atoms with E-state index in [0.29, 0.717) is 17.5 Å². The minimum absolute atomic E-state index is 0.594. The maximum absolute atomic E-state index is 6.44. The van der Waals surface area contributed by atoms with Crippen molar-refractivity contribution >= 4 is 65.4 Å². The number of pyridine rings is 1. The topological polar surface area (TPSA) is 69.6 Å². The van der Waals surface area contributed by atoms with Gasteiger partial charge in [0.25, 0.3) is 0 Å². The van der Waals surface area contributed by atoms with Crippen LogP contribution in [0.25, 0.3) is 139 Å². The molecule has 0 fully saturated rings. The highest BCUT2D eigenvalue weighted by Gasteiger charge is 2.21. The number of hydrogen-bond acceptors (Lipinski definition) is 5. The van der Waals surface area contributed by atoms with Crippen LogP contribution in [-0.2, 0) is 0 Å². The molecule has 4 heterocycles. The molecular formula is C64H39N5O. The van der Waals surface area contributed by atoms with Gasteiger partial charge in [0.15, 0.2) is 17.5 Å². The van der Waals surface area contributed by atoms with Crippen molar-refractivity contribution in [3.63, 3.8) is 0 Å². The molecule has 0 aliphatic heterocycles. The minimum atomic E-state index is 0.594. The lowest BCUT2D eigenvalue weighted by atomic mass is 9.94. The maximum Gasteiger partial charge on any atom is 0.164 e. The fourth-order valence-electron chi connectivity index (χ4n) is 10.4. The Bertz CT molecular complexity index is 4330. The summed E-state index contributed by atoms with van der Waals surface area (Å²) < 4.78 is 8.82. The number of aromatic nitrogens is 5. The first kappa shape index (κ1) is 39.6. The summed E-state index contributed by atoms with van der Waals surface area (Å²) in [5.74, 6) is 1.80. The van der Waals surface area contributed by atoms with Crippen LogP contribution in [0.4, 0.5) is 0 Å². The predicted octanol–water partition coefficient (Wildman–Crippen LogP) is 16.6. The number of nitrogens with zero attached hydrogens (tertiary/aromatic N) is 5. The van der Waals surface area contributed by atoms with Gasteiger partial charge in [-0.1, -0.05) is 188 Å². The van der Waals surface area contributed by atoms with Crippen LogP contribution in [0.5, 0.6) is 0 Å². The molecule has 6 nitrogen and oxygen atoms in total. The second-order valence-corrected chi connectivity index (χ2v) is 17.7. The quantitative estimate of drug-likeness (QED) is 0.149. The van der Waals surface area contributed by atoms with Crippen molar-refractivity contribution in [1.82, 2.24) is 24.5 Å². The smallest absolute Gasteiger partial charge is 0.164 e. The Balaban J connectivity index is 0.887. The van der Waals surface area contributed by atoms with Crippen molar-refractivity contribution in [3.05, 3.63) is 237 Å². The summed E-state index contributed by atoms with van der Waals surface area (Å²) in [6.45, 7) is 0. The van der Waals surface area contributed by atoms with E-state index in [-0.39, 0.29) is 0 Å². The molecule has 0 saturated carbocycles. The normalized spacial score (nSPS) is 11.7. The lowest BCUT2D eigenvalue weighted by Gasteiger charge is -2.14. The van der Waals surface area contributed by atoms with E-state index < -0.39 is 0 Å². The number of fused-ring (bicyclic) bond motifs is 10. The van der Waals surface area contributed by atoms with Crippen LogP contribution < -0.4 is 0 Å². The van der Waals surface area contributed by atoms with Crippen LogP contribution in [-0.4, -0.2) is 24.5 Å². The molecular weight excluding hydrogens is 855 g/mol. The van der Waals surface area contributed by atoms with Gasteiger partial charge in [-0.25, -0.2) is 19.9 Å². The Labute approximate surface area is 402 Å². The number of furan rings is 1. The summed E-state index contributed by atoms with van der Waals surface area (Å²) in [6, 6.07) is 82.7. The zero-order valence-electron chi connectivity index (χ0n) is 37.7. The Kier molecular flexibility index (Phi) is 9.10.